The van der Waals surface area contributed by atoms with Crippen LogP contribution in [0, 0.1) is 18.6 Å². The van der Waals surface area contributed by atoms with Crippen LogP contribution in [0.15, 0.2) is 41.6 Å². The monoisotopic (exact) mass is 292 g/mol. The van der Waals surface area contributed by atoms with Crippen molar-refractivity contribution in [1.29, 1.82) is 0 Å². The molecule has 0 saturated carbocycles. The Morgan fingerprint density at radius 1 is 1.24 bits per heavy atom. The molecule has 0 bridgehead atoms. The van der Waals surface area contributed by atoms with Gasteiger partial charge in [0.1, 0.15) is 12.4 Å². The summed E-state index contributed by atoms with van der Waals surface area (Å²) in [5.41, 5.74) is 7.11. The molecule has 0 radical (unpaired) electrons. The smallest absolute Gasteiger partial charge is 0.170 e. The third-order valence-electron chi connectivity index (χ3n) is 3.02. The standard InChI is InChI=1S/C15H14F2N2O2/c1-9-6-12(16)4-2-11(9)8-21-14-5-3-10(7-13(14)17)15(18)19-20/h2-7,20H,8H2,1H3,(H2,18,19). The Morgan fingerprint density at radius 3 is 2.62 bits per heavy atom. The van der Waals surface area contributed by atoms with E-state index in [9.17, 15) is 8.78 Å². The maximum Gasteiger partial charge on any atom is 0.170 e. The number of benzene rings is 2. The van der Waals surface area contributed by atoms with E-state index in [2.05, 4.69) is 5.16 Å². The number of rotatable bonds is 4. The SMILES string of the molecule is Cc1cc(F)ccc1COc1ccc(/C(N)=N/O)cc1F. The van der Waals surface area contributed by atoms with Crippen molar-refractivity contribution >= 4 is 5.84 Å². The van der Waals surface area contributed by atoms with Gasteiger partial charge in [0.2, 0.25) is 0 Å². The molecule has 0 spiro atoms. The van der Waals surface area contributed by atoms with Crippen molar-refractivity contribution in [3.05, 3.63) is 64.7 Å². The van der Waals surface area contributed by atoms with Gasteiger partial charge in [-0.15, -0.1) is 0 Å². The number of amidine groups is 1. The van der Waals surface area contributed by atoms with Crippen LogP contribution < -0.4 is 10.5 Å². The first kappa shape index (κ1) is 14.8. The Bertz CT molecular complexity index is 687. The maximum absolute atomic E-state index is 13.8. The van der Waals surface area contributed by atoms with Gasteiger partial charge in [0.25, 0.3) is 0 Å². The zero-order valence-electron chi connectivity index (χ0n) is 11.3. The molecule has 0 unspecified atom stereocenters. The Morgan fingerprint density at radius 2 is 2.00 bits per heavy atom. The molecule has 0 amide bonds. The van der Waals surface area contributed by atoms with Crippen LogP contribution in [0.5, 0.6) is 5.75 Å². The minimum atomic E-state index is -0.626. The molecule has 0 atom stereocenters. The minimum Gasteiger partial charge on any atom is -0.486 e. The summed E-state index contributed by atoms with van der Waals surface area (Å²) in [5.74, 6) is -1.10. The number of nitrogens with two attached hydrogens (primary N) is 1. The summed E-state index contributed by atoms with van der Waals surface area (Å²) in [5, 5.41) is 11.3. The Labute approximate surface area is 120 Å². The van der Waals surface area contributed by atoms with E-state index in [4.69, 9.17) is 15.7 Å². The van der Waals surface area contributed by atoms with Gasteiger partial charge in [0.05, 0.1) is 0 Å². The lowest BCUT2D eigenvalue weighted by atomic mass is 10.1. The number of hydrogen-bond acceptors (Lipinski definition) is 3. The third kappa shape index (κ3) is 3.47. The average molecular weight is 292 g/mol. The fourth-order valence-corrected chi connectivity index (χ4v) is 1.81. The van der Waals surface area contributed by atoms with Gasteiger partial charge in [-0.1, -0.05) is 11.2 Å². The molecule has 0 heterocycles. The fraction of sp³-hybridized carbons (Fsp3) is 0.133. The Kier molecular flexibility index (Phi) is 4.37. The summed E-state index contributed by atoms with van der Waals surface area (Å²) < 4.78 is 32.2. The quantitative estimate of drug-likeness (QED) is 0.394. The normalized spacial score (nSPS) is 11.5. The van der Waals surface area contributed by atoms with Crippen molar-refractivity contribution in [2.24, 2.45) is 10.9 Å². The Balaban J connectivity index is 2.13. The van der Waals surface area contributed by atoms with Crippen molar-refractivity contribution in [2.75, 3.05) is 0 Å². The predicted octanol–water partition coefficient (Wildman–Crippen LogP) is 2.95. The van der Waals surface area contributed by atoms with Crippen molar-refractivity contribution in [3.8, 4) is 5.75 Å². The molecule has 2 rings (SSSR count). The zero-order chi connectivity index (χ0) is 15.4. The van der Waals surface area contributed by atoms with E-state index >= 15 is 0 Å². The molecule has 2 aromatic carbocycles. The highest BCUT2D eigenvalue weighted by molar-refractivity contribution is 5.97. The first-order valence-corrected chi connectivity index (χ1v) is 6.16. The molecule has 0 aliphatic rings. The first-order chi connectivity index (χ1) is 10.0. The summed E-state index contributed by atoms with van der Waals surface area (Å²) in [6, 6.07) is 8.28. The molecule has 0 aromatic heterocycles. The first-order valence-electron chi connectivity index (χ1n) is 6.16. The number of ether oxygens (including phenoxy) is 1. The van der Waals surface area contributed by atoms with Crippen LogP contribution in [-0.2, 0) is 6.61 Å². The number of nitrogens with zero attached hydrogens (tertiary/aromatic N) is 1. The molecule has 3 N–H and O–H groups in total. The van der Waals surface area contributed by atoms with Gasteiger partial charge in [-0.25, -0.2) is 8.78 Å². The highest BCUT2D eigenvalue weighted by Crippen LogP contribution is 2.20. The lowest BCUT2D eigenvalue weighted by molar-refractivity contribution is 0.289. The van der Waals surface area contributed by atoms with E-state index in [1.165, 1.54) is 24.3 Å². The van der Waals surface area contributed by atoms with E-state index in [1.54, 1.807) is 13.0 Å². The summed E-state index contributed by atoms with van der Waals surface area (Å²) in [4.78, 5) is 0. The van der Waals surface area contributed by atoms with Crippen LogP contribution in [0.4, 0.5) is 8.78 Å². The average Bonchev–Trinajstić information content (AvgIpc) is 2.46. The third-order valence-corrected chi connectivity index (χ3v) is 3.02. The molecule has 4 nitrogen and oxygen atoms in total. The second kappa shape index (κ2) is 6.21. The number of hydrogen-bond donors (Lipinski definition) is 2. The minimum absolute atomic E-state index is 0.0354. The highest BCUT2D eigenvalue weighted by Gasteiger charge is 2.08. The second-order valence-corrected chi connectivity index (χ2v) is 4.49. The summed E-state index contributed by atoms with van der Waals surface area (Å²) in [6.45, 7) is 1.87. The van der Waals surface area contributed by atoms with Gasteiger partial charge in [-0.2, -0.15) is 0 Å². The van der Waals surface area contributed by atoms with Crippen LogP contribution in [0.3, 0.4) is 0 Å². The topological polar surface area (TPSA) is 67.8 Å². The highest BCUT2D eigenvalue weighted by atomic mass is 19.1. The zero-order valence-corrected chi connectivity index (χ0v) is 11.3. The van der Waals surface area contributed by atoms with E-state index in [0.29, 0.717) is 0 Å². The van der Waals surface area contributed by atoms with Crippen molar-refractivity contribution < 1.29 is 18.7 Å². The molecular weight excluding hydrogens is 278 g/mol. The lowest BCUT2D eigenvalue weighted by Gasteiger charge is -2.10. The summed E-state index contributed by atoms with van der Waals surface area (Å²) in [7, 11) is 0. The van der Waals surface area contributed by atoms with E-state index in [0.717, 1.165) is 17.2 Å². The van der Waals surface area contributed by atoms with Crippen LogP contribution >= 0.6 is 0 Å². The van der Waals surface area contributed by atoms with Gasteiger partial charge in [0.15, 0.2) is 17.4 Å². The molecule has 21 heavy (non-hydrogen) atoms. The van der Waals surface area contributed by atoms with E-state index < -0.39 is 5.82 Å². The summed E-state index contributed by atoms with van der Waals surface area (Å²) in [6.07, 6.45) is 0. The van der Waals surface area contributed by atoms with Gasteiger partial charge in [-0.05, 0) is 48.4 Å². The molecule has 6 heteroatoms. The number of halogens is 2. The summed E-state index contributed by atoms with van der Waals surface area (Å²) >= 11 is 0. The lowest BCUT2D eigenvalue weighted by Crippen LogP contribution is -2.13. The van der Waals surface area contributed by atoms with Crippen molar-refractivity contribution in [3.63, 3.8) is 0 Å². The van der Waals surface area contributed by atoms with Crippen LogP contribution in [0.1, 0.15) is 16.7 Å². The molecular formula is C15H14F2N2O2. The number of oxime groups is 1. The van der Waals surface area contributed by atoms with Crippen LogP contribution in [0.2, 0.25) is 0 Å². The molecule has 2 aromatic rings. The molecule has 0 fully saturated rings. The van der Waals surface area contributed by atoms with Gasteiger partial charge < -0.3 is 15.7 Å². The van der Waals surface area contributed by atoms with Gasteiger partial charge >= 0.3 is 0 Å². The Hall–Kier alpha value is -2.63. The second-order valence-electron chi connectivity index (χ2n) is 4.49. The van der Waals surface area contributed by atoms with E-state index in [1.807, 2.05) is 0 Å². The van der Waals surface area contributed by atoms with Crippen molar-refractivity contribution in [2.45, 2.75) is 13.5 Å². The molecule has 0 aliphatic heterocycles. The van der Waals surface area contributed by atoms with Gasteiger partial charge in [-0.3, -0.25) is 0 Å². The van der Waals surface area contributed by atoms with Crippen LogP contribution in [-0.4, -0.2) is 11.0 Å². The molecule has 0 aliphatic carbocycles. The van der Waals surface area contributed by atoms with Crippen LogP contribution in [0.25, 0.3) is 0 Å². The molecule has 110 valence electrons. The largest absolute Gasteiger partial charge is 0.486 e. The fourth-order valence-electron chi connectivity index (χ4n) is 1.81. The number of aryl methyl sites for hydroxylation is 1. The van der Waals surface area contributed by atoms with E-state index in [-0.39, 0.29) is 29.6 Å². The predicted molar refractivity (Wildman–Crippen MR) is 74.4 cm³/mol. The van der Waals surface area contributed by atoms with Crippen molar-refractivity contribution in [1.82, 2.24) is 0 Å². The van der Waals surface area contributed by atoms with Gasteiger partial charge in [0, 0.05) is 5.56 Å². The maximum atomic E-state index is 13.8. The molecule has 0 saturated heterocycles.